The fraction of sp³-hybridized carbons (Fsp3) is 0.647. The Morgan fingerprint density at radius 3 is 1.41 bits per heavy atom. The monoisotopic (exact) mass is 644 g/mol. The van der Waals surface area contributed by atoms with Crippen molar-refractivity contribution >= 4 is 22.6 Å². The molecule has 0 aromatic heterocycles. The van der Waals surface area contributed by atoms with Crippen LogP contribution in [0, 0.1) is 3.57 Å². The number of methoxy groups -OCH3 is 1. The van der Waals surface area contributed by atoms with Gasteiger partial charge < -0.3 is 4.74 Å². The van der Waals surface area contributed by atoms with Crippen molar-refractivity contribution in [1.29, 1.82) is 0 Å². The van der Waals surface area contributed by atoms with E-state index in [4.69, 9.17) is 0 Å². The molecule has 0 saturated heterocycles. The molecule has 1 aromatic rings. The normalized spacial score (nSPS) is 17.0. The van der Waals surface area contributed by atoms with Crippen molar-refractivity contribution in [2.24, 2.45) is 0 Å². The first-order chi connectivity index (χ1) is 14.8. The highest BCUT2D eigenvalue weighted by Crippen LogP contribution is 2.63. The zero-order valence-corrected chi connectivity index (χ0v) is 18.6. The molecule has 0 aliphatic rings. The van der Waals surface area contributed by atoms with E-state index >= 15 is 0 Å². The average molecular weight is 644 g/mol. The molecule has 0 radical (unpaired) electrons. The molecular formula is C17H12F15IO. The second-order valence-corrected chi connectivity index (χ2v) is 8.33. The summed E-state index contributed by atoms with van der Waals surface area (Å²) >= 11 is 1.47. The fourth-order valence-electron chi connectivity index (χ4n) is 2.70. The van der Waals surface area contributed by atoms with Crippen molar-refractivity contribution in [3.8, 4) is 0 Å². The molecule has 0 fully saturated rings. The van der Waals surface area contributed by atoms with Crippen LogP contribution in [0.1, 0.15) is 18.9 Å². The summed E-state index contributed by atoms with van der Waals surface area (Å²) in [6, 6.07) is 4.63. The highest BCUT2D eigenvalue weighted by Gasteiger charge is 2.93. The zero-order chi connectivity index (χ0) is 27.4. The van der Waals surface area contributed by atoms with E-state index in [1.54, 1.807) is 0 Å². The number of hydrogen-bond donors (Lipinski definition) is 0. The van der Waals surface area contributed by atoms with Gasteiger partial charge in [0.05, 0.1) is 12.0 Å². The van der Waals surface area contributed by atoms with E-state index < -0.39 is 53.7 Å². The van der Waals surface area contributed by atoms with Gasteiger partial charge in [-0.3, -0.25) is 0 Å². The van der Waals surface area contributed by atoms with Crippen molar-refractivity contribution in [3.05, 3.63) is 33.4 Å². The van der Waals surface area contributed by atoms with Crippen LogP contribution >= 0.6 is 22.6 Å². The van der Waals surface area contributed by atoms with Gasteiger partial charge in [0.15, 0.2) is 0 Å². The van der Waals surface area contributed by atoms with Gasteiger partial charge in [-0.05, 0) is 41.1 Å². The molecular weight excluding hydrogens is 632 g/mol. The third kappa shape index (κ3) is 4.42. The van der Waals surface area contributed by atoms with Crippen LogP contribution in [-0.2, 0) is 10.3 Å². The first-order valence-electron chi connectivity index (χ1n) is 8.42. The molecule has 0 bridgehead atoms. The van der Waals surface area contributed by atoms with E-state index in [0.717, 1.165) is 12.1 Å². The number of alkyl halides is 15. The van der Waals surface area contributed by atoms with Crippen molar-refractivity contribution in [1.82, 2.24) is 0 Å². The van der Waals surface area contributed by atoms with Crippen molar-refractivity contribution in [2.75, 3.05) is 7.11 Å². The minimum absolute atomic E-state index is 0.0111. The molecule has 1 atom stereocenters. The van der Waals surface area contributed by atoms with Crippen LogP contribution in [0.15, 0.2) is 24.3 Å². The molecule has 0 aliphatic heterocycles. The number of rotatable bonds is 9. The second kappa shape index (κ2) is 8.76. The Labute approximate surface area is 194 Å². The number of ether oxygens (including phenoxy) is 1. The van der Waals surface area contributed by atoms with Gasteiger partial charge in [-0.2, -0.15) is 65.9 Å². The van der Waals surface area contributed by atoms with Crippen molar-refractivity contribution in [2.45, 2.75) is 60.7 Å². The van der Waals surface area contributed by atoms with Crippen LogP contribution in [0.4, 0.5) is 65.9 Å². The Morgan fingerprint density at radius 1 is 0.647 bits per heavy atom. The maximum atomic E-state index is 14.3. The summed E-state index contributed by atoms with van der Waals surface area (Å²) < 4.78 is 205. The SMILES string of the molecule is COC(C)(CC(F)(F)C(F)(F)C(F)(F)C(F)(F)C(F)(F)C(F)(F)C(F)(F)F)c1ccccc1I. The summed E-state index contributed by atoms with van der Waals surface area (Å²) in [6.45, 7) is 0.608. The zero-order valence-electron chi connectivity index (χ0n) is 16.5. The summed E-state index contributed by atoms with van der Waals surface area (Å²) in [5, 5.41) is 0. The van der Waals surface area contributed by atoms with E-state index in [0.29, 0.717) is 14.0 Å². The average Bonchev–Trinajstić information content (AvgIpc) is 2.66. The van der Waals surface area contributed by atoms with E-state index in [2.05, 4.69) is 4.74 Å². The minimum Gasteiger partial charge on any atom is -0.374 e. The molecule has 0 N–H and O–H groups in total. The maximum absolute atomic E-state index is 14.3. The first-order valence-corrected chi connectivity index (χ1v) is 9.50. The lowest BCUT2D eigenvalue weighted by Crippen LogP contribution is -2.72. The molecule has 0 aliphatic carbocycles. The molecule has 1 rings (SSSR count). The van der Waals surface area contributed by atoms with Crippen LogP contribution in [0.5, 0.6) is 0 Å². The second-order valence-electron chi connectivity index (χ2n) is 7.17. The summed E-state index contributed by atoms with van der Waals surface area (Å²) in [5.74, 6) is -46.7. The molecule has 17 heteroatoms. The summed E-state index contributed by atoms with van der Waals surface area (Å²) in [4.78, 5) is 0. The van der Waals surface area contributed by atoms with Gasteiger partial charge in [-0.15, -0.1) is 0 Å². The fourth-order valence-corrected chi connectivity index (χ4v) is 3.66. The first kappa shape index (κ1) is 30.9. The van der Waals surface area contributed by atoms with E-state index in [9.17, 15) is 65.9 Å². The van der Waals surface area contributed by atoms with Gasteiger partial charge >= 0.3 is 41.7 Å². The third-order valence-electron chi connectivity index (χ3n) is 4.85. The lowest BCUT2D eigenvalue weighted by Gasteiger charge is -2.43. The van der Waals surface area contributed by atoms with Gasteiger partial charge in [0.25, 0.3) is 0 Å². The predicted octanol–water partition coefficient (Wildman–Crippen LogP) is 7.92. The Kier molecular flexibility index (Phi) is 7.96. The predicted molar refractivity (Wildman–Crippen MR) is 93.9 cm³/mol. The molecule has 34 heavy (non-hydrogen) atoms. The number of halogens is 16. The Hall–Kier alpha value is -1.14. The maximum Gasteiger partial charge on any atom is 0.460 e. The molecule has 0 heterocycles. The lowest BCUT2D eigenvalue weighted by molar-refractivity contribution is -0.453. The molecule has 0 saturated carbocycles. The lowest BCUT2D eigenvalue weighted by atomic mass is 9.83. The van der Waals surface area contributed by atoms with Crippen LogP contribution in [0.25, 0.3) is 0 Å². The quantitative estimate of drug-likeness (QED) is 0.196. The van der Waals surface area contributed by atoms with Gasteiger partial charge in [-0.25, -0.2) is 0 Å². The Balaban J connectivity index is 3.62. The standard InChI is InChI=1S/C17H12F15IO/c1-10(34-2,8-5-3-4-6-9(8)33)7-11(18,19)12(20,21)13(22,23)14(24,25)15(26,27)16(28,29)17(30,31)32/h3-6H,7H2,1-2H3. The molecule has 1 nitrogen and oxygen atoms in total. The van der Waals surface area contributed by atoms with E-state index in [1.807, 2.05) is 0 Å². The van der Waals surface area contributed by atoms with Crippen LogP contribution < -0.4 is 0 Å². The Bertz CT molecular complexity index is 880. The van der Waals surface area contributed by atoms with Crippen LogP contribution in [0.3, 0.4) is 0 Å². The van der Waals surface area contributed by atoms with Crippen molar-refractivity contribution < 1.29 is 70.6 Å². The molecule has 198 valence electrons. The van der Waals surface area contributed by atoms with E-state index in [1.165, 1.54) is 34.7 Å². The van der Waals surface area contributed by atoms with E-state index in [-0.39, 0.29) is 9.13 Å². The highest BCUT2D eigenvalue weighted by molar-refractivity contribution is 14.1. The largest absolute Gasteiger partial charge is 0.460 e. The summed E-state index contributed by atoms with van der Waals surface area (Å²) in [5.41, 5.74) is -3.05. The number of hydrogen-bond acceptors (Lipinski definition) is 1. The van der Waals surface area contributed by atoms with Gasteiger partial charge in [0, 0.05) is 10.7 Å². The smallest absolute Gasteiger partial charge is 0.374 e. The van der Waals surface area contributed by atoms with Crippen molar-refractivity contribution in [3.63, 3.8) is 0 Å². The highest BCUT2D eigenvalue weighted by atomic mass is 127. The number of benzene rings is 1. The van der Waals surface area contributed by atoms with Gasteiger partial charge in [-0.1, -0.05) is 18.2 Å². The summed E-state index contributed by atoms with van der Waals surface area (Å²) in [6.07, 6.45) is -10.2. The molecule has 1 aromatic carbocycles. The van der Waals surface area contributed by atoms with Crippen LogP contribution in [-0.4, -0.2) is 48.8 Å². The van der Waals surface area contributed by atoms with Gasteiger partial charge in [0.2, 0.25) is 0 Å². The molecule has 1 unspecified atom stereocenters. The Morgan fingerprint density at radius 2 is 1.03 bits per heavy atom. The topological polar surface area (TPSA) is 9.23 Å². The molecule has 0 spiro atoms. The third-order valence-corrected chi connectivity index (χ3v) is 5.79. The van der Waals surface area contributed by atoms with Gasteiger partial charge in [0.1, 0.15) is 0 Å². The minimum atomic E-state index is -8.31. The van der Waals surface area contributed by atoms with Crippen LogP contribution in [0.2, 0.25) is 0 Å². The molecule has 0 amide bonds. The summed E-state index contributed by atoms with van der Waals surface area (Å²) in [7, 11) is 0.613.